The van der Waals surface area contributed by atoms with Crippen molar-refractivity contribution >= 4 is 17.3 Å². The van der Waals surface area contributed by atoms with Crippen LogP contribution in [-0.2, 0) is 17.1 Å². The zero-order chi connectivity index (χ0) is 14.2. The summed E-state index contributed by atoms with van der Waals surface area (Å²) in [5.74, 6) is 0. The van der Waals surface area contributed by atoms with Crippen LogP contribution in [0.25, 0.3) is 0 Å². The summed E-state index contributed by atoms with van der Waals surface area (Å²) in [6.45, 7) is 2.14. The van der Waals surface area contributed by atoms with Gasteiger partial charge in [0.2, 0.25) is 0 Å². The Balaban J connectivity index is 0.000000313. The average molecular weight is 340 g/mol. The molecular weight excluding hydrogens is 322 g/mol. The van der Waals surface area contributed by atoms with Gasteiger partial charge >= 0.3 is 17.1 Å². The summed E-state index contributed by atoms with van der Waals surface area (Å²) in [6.07, 6.45) is 0. The molecule has 0 aliphatic carbocycles. The molecular formula is C18H18ClFeN. The Bertz CT molecular complexity index is 553. The summed E-state index contributed by atoms with van der Waals surface area (Å²) in [5, 5.41) is 4.18. The van der Waals surface area contributed by atoms with Gasteiger partial charge in [-0.1, -0.05) is 11.6 Å². The van der Waals surface area contributed by atoms with Crippen LogP contribution in [0.1, 0.15) is 18.5 Å². The maximum absolute atomic E-state index is 5.82. The first-order valence-electron chi connectivity index (χ1n) is 6.66. The van der Waals surface area contributed by atoms with E-state index in [4.69, 9.17) is 11.6 Å². The molecule has 0 saturated carbocycles. The van der Waals surface area contributed by atoms with E-state index in [9.17, 15) is 0 Å². The molecule has 0 fully saturated rings. The Hall–Kier alpha value is -1.47. The molecule has 0 aliphatic rings. The number of nitrogens with one attached hydrogen (secondary N) is 1. The summed E-state index contributed by atoms with van der Waals surface area (Å²) in [7, 11) is 0. The average Bonchev–Trinajstić information content (AvgIpc) is 3.17. The number of rotatable bonds is 3. The van der Waals surface area contributed by atoms with E-state index in [-0.39, 0.29) is 17.1 Å². The van der Waals surface area contributed by atoms with Gasteiger partial charge in [0.05, 0.1) is 0 Å². The van der Waals surface area contributed by atoms with E-state index in [0.29, 0.717) is 6.04 Å². The second kappa shape index (κ2) is 9.46. The smallest absolute Gasteiger partial charge is 0.381 e. The predicted molar refractivity (Wildman–Crippen MR) is 87.6 cm³/mol. The van der Waals surface area contributed by atoms with Gasteiger partial charge in [-0.15, -0.1) is 5.56 Å². The number of anilines is 1. The van der Waals surface area contributed by atoms with Crippen molar-refractivity contribution in [1.82, 2.24) is 0 Å². The molecule has 1 atom stereocenters. The number of halogens is 1. The molecule has 0 aliphatic heterocycles. The largest absolute Gasteiger partial charge is 2.00 e. The van der Waals surface area contributed by atoms with Gasteiger partial charge in [0.1, 0.15) is 0 Å². The molecule has 0 radical (unpaired) electrons. The number of hydrogen-bond acceptors (Lipinski definition) is 1. The quantitative estimate of drug-likeness (QED) is 0.481. The molecule has 21 heavy (non-hydrogen) atoms. The molecule has 3 rings (SSSR count). The molecule has 3 aromatic carbocycles. The van der Waals surface area contributed by atoms with Gasteiger partial charge in [-0.3, -0.25) is 0 Å². The van der Waals surface area contributed by atoms with E-state index < -0.39 is 0 Å². The van der Waals surface area contributed by atoms with Crippen LogP contribution in [0.15, 0.2) is 78.9 Å². The fourth-order valence-corrected chi connectivity index (χ4v) is 2.00. The minimum Gasteiger partial charge on any atom is -0.381 e. The van der Waals surface area contributed by atoms with E-state index in [1.807, 2.05) is 54.6 Å². The van der Waals surface area contributed by atoms with Crippen LogP contribution in [0.2, 0.25) is 5.02 Å². The normalized spacial score (nSPS) is 10.8. The molecule has 0 aromatic heterocycles. The molecule has 0 saturated heterocycles. The van der Waals surface area contributed by atoms with Crippen molar-refractivity contribution in [3.63, 3.8) is 0 Å². The topological polar surface area (TPSA) is 12.0 Å². The van der Waals surface area contributed by atoms with Gasteiger partial charge in [0.25, 0.3) is 0 Å². The Morgan fingerprint density at radius 3 is 2.10 bits per heavy atom. The van der Waals surface area contributed by atoms with Gasteiger partial charge < -0.3 is 5.32 Å². The van der Waals surface area contributed by atoms with Crippen LogP contribution in [0.4, 0.5) is 5.69 Å². The van der Waals surface area contributed by atoms with Crippen LogP contribution >= 0.6 is 11.6 Å². The second-order valence-electron chi connectivity index (χ2n) is 4.55. The van der Waals surface area contributed by atoms with Crippen molar-refractivity contribution in [3.8, 4) is 0 Å². The van der Waals surface area contributed by atoms with Gasteiger partial charge in [-0.2, -0.15) is 30.3 Å². The first kappa shape index (κ1) is 17.6. The van der Waals surface area contributed by atoms with Crippen molar-refractivity contribution < 1.29 is 17.1 Å². The molecule has 0 spiro atoms. The van der Waals surface area contributed by atoms with Crippen LogP contribution in [0, 0.1) is 0 Å². The van der Waals surface area contributed by atoms with Gasteiger partial charge in [-0.25, -0.2) is 24.3 Å². The summed E-state index contributed by atoms with van der Waals surface area (Å²) in [5.41, 5.74) is 2.39. The van der Waals surface area contributed by atoms with E-state index in [2.05, 4.69) is 36.5 Å². The van der Waals surface area contributed by atoms with Crippen LogP contribution in [0.3, 0.4) is 0 Å². The fourth-order valence-electron chi connectivity index (χ4n) is 1.88. The van der Waals surface area contributed by atoms with Gasteiger partial charge in [-0.05, 0) is 31.2 Å². The summed E-state index contributed by atoms with van der Waals surface area (Å²) < 4.78 is 0. The standard InChI is InChI=1S/C13H13ClN.C5H5.Fe/c1-10(11-4-2-3-5-11)15-13-8-6-12(14)7-9-13;1-2-4-5-3-1;/h2-10,15H,1H3;1-5H;/q2*-1;+2. The summed E-state index contributed by atoms with van der Waals surface area (Å²) in [6, 6.07) is 26.4. The van der Waals surface area contributed by atoms with Gasteiger partial charge in [0.15, 0.2) is 0 Å². The first-order valence-corrected chi connectivity index (χ1v) is 7.04. The molecule has 110 valence electrons. The molecule has 0 bridgehead atoms. The zero-order valence-electron chi connectivity index (χ0n) is 11.8. The number of hydrogen-bond donors (Lipinski definition) is 1. The van der Waals surface area contributed by atoms with Crippen molar-refractivity contribution in [2.45, 2.75) is 13.0 Å². The molecule has 1 N–H and O–H groups in total. The van der Waals surface area contributed by atoms with Crippen molar-refractivity contribution in [1.29, 1.82) is 0 Å². The molecule has 3 aromatic rings. The molecule has 1 unspecified atom stereocenters. The van der Waals surface area contributed by atoms with E-state index in [0.717, 1.165) is 10.7 Å². The Morgan fingerprint density at radius 2 is 1.62 bits per heavy atom. The Morgan fingerprint density at radius 1 is 0.952 bits per heavy atom. The first-order chi connectivity index (χ1) is 9.75. The molecule has 0 amide bonds. The maximum atomic E-state index is 5.82. The third-order valence-corrected chi connectivity index (χ3v) is 3.22. The fraction of sp³-hybridized carbons (Fsp3) is 0.111. The monoisotopic (exact) mass is 339 g/mol. The van der Waals surface area contributed by atoms with E-state index >= 15 is 0 Å². The molecule has 1 nitrogen and oxygen atoms in total. The van der Waals surface area contributed by atoms with Crippen molar-refractivity contribution in [2.24, 2.45) is 0 Å². The minimum atomic E-state index is 0. The molecule has 3 heteroatoms. The van der Waals surface area contributed by atoms with Crippen LogP contribution in [-0.4, -0.2) is 0 Å². The Kier molecular flexibility index (Phi) is 7.92. The molecule has 0 heterocycles. The zero-order valence-corrected chi connectivity index (χ0v) is 13.7. The minimum absolute atomic E-state index is 0. The van der Waals surface area contributed by atoms with Crippen LogP contribution in [0.5, 0.6) is 0 Å². The van der Waals surface area contributed by atoms with E-state index in [1.165, 1.54) is 5.56 Å². The van der Waals surface area contributed by atoms with Crippen molar-refractivity contribution in [2.75, 3.05) is 5.32 Å². The predicted octanol–water partition coefficient (Wildman–Crippen LogP) is 5.64. The van der Waals surface area contributed by atoms with Gasteiger partial charge in [0, 0.05) is 16.8 Å². The SMILES string of the molecule is CC(Nc1ccc(Cl)cc1)c1ccc[cH-]1.[Fe+2].c1cc[cH-]c1. The summed E-state index contributed by atoms with van der Waals surface area (Å²) in [4.78, 5) is 0. The van der Waals surface area contributed by atoms with Crippen molar-refractivity contribution in [3.05, 3.63) is 89.4 Å². The Labute approximate surface area is 142 Å². The summed E-state index contributed by atoms with van der Waals surface area (Å²) >= 11 is 5.82. The second-order valence-corrected chi connectivity index (χ2v) is 4.99. The van der Waals surface area contributed by atoms with Crippen LogP contribution < -0.4 is 5.32 Å². The maximum Gasteiger partial charge on any atom is 2.00 e. The third-order valence-electron chi connectivity index (χ3n) is 2.97. The number of benzene rings is 1. The van der Waals surface area contributed by atoms with E-state index in [1.54, 1.807) is 0 Å². The third kappa shape index (κ3) is 6.22.